The number of thioether (sulfide) groups is 1. The van der Waals surface area contributed by atoms with Crippen molar-refractivity contribution in [2.45, 2.75) is 16.3 Å². The molecule has 3 aromatic rings. The molecule has 0 N–H and O–H groups in total. The topological polar surface area (TPSA) is 12.9 Å². The van der Waals surface area contributed by atoms with Crippen molar-refractivity contribution in [1.82, 2.24) is 4.98 Å². The van der Waals surface area contributed by atoms with Crippen molar-refractivity contribution in [2.75, 3.05) is 0 Å². The molecule has 21 heavy (non-hydrogen) atoms. The van der Waals surface area contributed by atoms with E-state index >= 15 is 0 Å². The number of benzene rings is 2. The van der Waals surface area contributed by atoms with Crippen LogP contribution in [0.15, 0.2) is 52.9 Å². The third-order valence-corrected chi connectivity index (χ3v) is 5.14. The first-order valence-electron chi connectivity index (χ1n) is 6.17. The van der Waals surface area contributed by atoms with E-state index in [4.69, 9.17) is 0 Å². The summed E-state index contributed by atoms with van der Waals surface area (Å²) in [5.41, 5.74) is 0.966. The summed E-state index contributed by atoms with van der Waals surface area (Å²) >= 11 is 3.01. The maximum Gasteiger partial charge on any atom is 0.416 e. The lowest BCUT2D eigenvalue weighted by molar-refractivity contribution is -0.137. The first-order valence-corrected chi connectivity index (χ1v) is 7.97. The van der Waals surface area contributed by atoms with Gasteiger partial charge in [0.25, 0.3) is 0 Å². The quantitative estimate of drug-likeness (QED) is 0.581. The van der Waals surface area contributed by atoms with Gasteiger partial charge in [-0.3, -0.25) is 0 Å². The van der Waals surface area contributed by atoms with Gasteiger partial charge in [0, 0.05) is 5.75 Å². The Morgan fingerprint density at radius 3 is 2.62 bits per heavy atom. The standard InChI is InChI=1S/C15H10F3NS2/c16-15(17,18)11-5-3-4-10(8-11)9-20-14-19-12-6-1-2-7-13(12)21-14/h1-8H,9H2. The molecule has 3 rings (SSSR count). The minimum atomic E-state index is -4.30. The molecular formula is C15H10F3NS2. The highest BCUT2D eigenvalue weighted by Crippen LogP contribution is 2.33. The van der Waals surface area contributed by atoms with E-state index in [1.807, 2.05) is 24.3 Å². The minimum Gasteiger partial charge on any atom is -0.230 e. The van der Waals surface area contributed by atoms with Gasteiger partial charge in [-0.2, -0.15) is 13.2 Å². The molecule has 1 heterocycles. The van der Waals surface area contributed by atoms with Crippen LogP contribution in [-0.4, -0.2) is 4.98 Å². The lowest BCUT2D eigenvalue weighted by Crippen LogP contribution is -2.04. The largest absolute Gasteiger partial charge is 0.416 e. The molecule has 0 aliphatic carbocycles. The Kier molecular flexibility index (Phi) is 3.91. The van der Waals surface area contributed by atoms with Crippen LogP contribution in [0.2, 0.25) is 0 Å². The molecule has 0 bridgehead atoms. The van der Waals surface area contributed by atoms with Gasteiger partial charge < -0.3 is 0 Å². The Morgan fingerprint density at radius 1 is 1.05 bits per heavy atom. The molecule has 0 fully saturated rings. The van der Waals surface area contributed by atoms with Gasteiger partial charge in [-0.15, -0.1) is 11.3 Å². The molecular weight excluding hydrogens is 315 g/mol. The van der Waals surface area contributed by atoms with Gasteiger partial charge in [-0.25, -0.2) is 4.98 Å². The van der Waals surface area contributed by atoms with Gasteiger partial charge in [-0.1, -0.05) is 42.1 Å². The average molecular weight is 325 g/mol. The minimum absolute atomic E-state index is 0.476. The second-order valence-electron chi connectivity index (χ2n) is 4.43. The summed E-state index contributed by atoms with van der Waals surface area (Å²) in [7, 11) is 0. The average Bonchev–Trinajstić information content (AvgIpc) is 2.87. The van der Waals surface area contributed by atoms with Gasteiger partial charge >= 0.3 is 6.18 Å². The highest BCUT2D eigenvalue weighted by Gasteiger charge is 2.30. The highest BCUT2D eigenvalue weighted by molar-refractivity contribution is 8.00. The van der Waals surface area contributed by atoms with Gasteiger partial charge in [0.2, 0.25) is 0 Å². The summed E-state index contributed by atoms with van der Waals surface area (Å²) in [6.45, 7) is 0. The van der Waals surface area contributed by atoms with Gasteiger partial charge in [0.05, 0.1) is 15.8 Å². The monoisotopic (exact) mass is 325 g/mol. The van der Waals surface area contributed by atoms with Crippen molar-refractivity contribution in [3.05, 3.63) is 59.7 Å². The molecule has 0 radical (unpaired) electrons. The molecule has 1 nitrogen and oxygen atoms in total. The van der Waals surface area contributed by atoms with E-state index in [1.54, 1.807) is 17.4 Å². The third kappa shape index (κ3) is 3.39. The van der Waals surface area contributed by atoms with E-state index < -0.39 is 11.7 Å². The maximum atomic E-state index is 12.7. The van der Waals surface area contributed by atoms with E-state index in [-0.39, 0.29) is 0 Å². The van der Waals surface area contributed by atoms with Crippen molar-refractivity contribution in [2.24, 2.45) is 0 Å². The normalized spacial score (nSPS) is 12.0. The first kappa shape index (κ1) is 14.4. The van der Waals surface area contributed by atoms with E-state index in [2.05, 4.69) is 4.98 Å². The first-order chi connectivity index (χ1) is 10.0. The maximum absolute atomic E-state index is 12.7. The number of hydrogen-bond acceptors (Lipinski definition) is 3. The van der Waals surface area contributed by atoms with Crippen LogP contribution in [0.1, 0.15) is 11.1 Å². The van der Waals surface area contributed by atoms with Crippen molar-refractivity contribution >= 4 is 33.3 Å². The number of hydrogen-bond donors (Lipinski definition) is 0. The van der Waals surface area contributed by atoms with Gasteiger partial charge in [0.1, 0.15) is 0 Å². The molecule has 2 aromatic carbocycles. The molecule has 0 aliphatic rings. The van der Waals surface area contributed by atoms with Crippen molar-refractivity contribution < 1.29 is 13.2 Å². The molecule has 6 heteroatoms. The number of para-hydroxylation sites is 1. The molecule has 1 aromatic heterocycles. The fourth-order valence-corrected chi connectivity index (χ4v) is 3.91. The molecule has 0 unspecified atom stereocenters. The van der Waals surface area contributed by atoms with Crippen LogP contribution in [0.5, 0.6) is 0 Å². The Morgan fingerprint density at radius 2 is 1.86 bits per heavy atom. The number of rotatable bonds is 3. The van der Waals surface area contributed by atoms with E-state index in [1.165, 1.54) is 23.9 Å². The summed E-state index contributed by atoms with van der Waals surface area (Å²) < 4.78 is 39.9. The fourth-order valence-electron chi connectivity index (χ4n) is 1.90. The molecule has 0 amide bonds. The number of thiazole rings is 1. The molecule has 0 spiro atoms. The van der Waals surface area contributed by atoms with Crippen LogP contribution in [0, 0.1) is 0 Å². The van der Waals surface area contributed by atoms with Crippen LogP contribution in [0.25, 0.3) is 10.2 Å². The van der Waals surface area contributed by atoms with E-state index in [0.29, 0.717) is 11.3 Å². The number of fused-ring (bicyclic) bond motifs is 1. The molecule has 0 aliphatic heterocycles. The molecule has 0 atom stereocenters. The molecule has 0 saturated carbocycles. The molecule has 0 saturated heterocycles. The predicted molar refractivity (Wildman–Crippen MR) is 80.6 cm³/mol. The summed E-state index contributed by atoms with van der Waals surface area (Å²) in [4.78, 5) is 4.46. The van der Waals surface area contributed by atoms with Crippen LogP contribution >= 0.6 is 23.1 Å². The van der Waals surface area contributed by atoms with Crippen LogP contribution in [0.3, 0.4) is 0 Å². The Hall–Kier alpha value is -1.53. The van der Waals surface area contributed by atoms with Crippen molar-refractivity contribution in [1.29, 1.82) is 0 Å². The zero-order valence-electron chi connectivity index (χ0n) is 10.7. The number of alkyl halides is 3. The lowest BCUT2D eigenvalue weighted by Gasteiger charge is -2.07. The zero-order valence-corrected chi connectivity index (χ0v) is 12.4. The van der Waals surface area contributed by atoms with Crippen LogP contribution < -0.4 is 0 Å². The number of aromatic nitrogens is 1. The van der Waals surface area contributed by atoms with Gasteiger partial charge in [-0.05, 0) is 23.8 Å². The highest BCUT2D eigenvalue weighted by atomic mass is 32.2. The zero-order chi connectivity index (χ0) is 14.9. The van der Waals surface area contributed by atoms with Crippen LogP contribution in [-0.2, 0) is 11.9 Å². The molecule has 108 valence electrons. The Labute approximate surface area is 127 Å². The van der Waals surface area contributed by atoms with Gasteiger partial charge in [0.15, 0.2) is 4.34 Å². The SMILES string of the molecule is FC(F)(F)c1cccc(CSc2nc3ccccc3s2)c1. The number of nitrogens with zero attached hydrogens (tertiary/aromatic N) is 1. The summed E-state index contributed by atoms with van der Waals surface area (Å²) in [5.74, 6) is 0.476. The predicted octanol–water partition coefficient (Wildman–Crippen LogP) is 5.61. The van der Waals surface area contributed by atoms with Crippen LogP contribution in [0.4, 0.5) is 13.2 Å². The smallest absolute Gasteiger partial charge is 0.230 e. The Bertz CT molecular complexity index is 732. The fraction of sp³-hybridized carbons (Fsp3) is 0.133. The van der Waals surface area contributed by atoms with E-state index in [9.17, 15) is 13.2 Å². The summed E-state index contributed by atoms with van der Waals surface area (Å²) in [6.07, 6.45) is -4.30. The summed E-state index contributed by atoms with van der Waals surface area (Å²) in [6, 6.07) is 13.2. The number of halogens is 3. The Balaban J connectivity index is 1.75. The second-order valence-corrected chi connectivity index (χ2v) is 6.69. The van der Waals surface area contributed by atoms with Crippen molar-refractivity contribution in [3.8, 4) is 0 Å². The second kappa shape index (κ2) is 5.69. The lowest BCUT2D eigenvalue weighted by atomic mass is 10.1. The van der Waals surface area contributed by atoms with Crippen molar-refractivity contribution in [3.63, 3.8) is 0 Å². The third-order valence-electron chi connectivity index (χ3n) is 2.89. The van der Waals surface area contributed by atoms with E-state index in [0.717, 1.165) is 20.6 Å². The summed E-state index contributed by atoms with van der Waals surface area (Å²) in [5, 5.41) is 0.